The smallest absolute Gasteiger partial charge is 0.0962 e. The number of benzene rings is 2. The van der Waals surface area contributed by atoms with Gasteiger partial charge in [0.25, 0.3) is 0 Å². The largest absolute Gasteiger partial charge is 0.387 e. The number of hydrogen-bond acceptors (Lipinski definition) is 2. The summed E-state index contributed by atoms with van der Waals surface area (Å²) in [4.78, 5) is 0. The summed E-state index contributed by atoms with van der Waals surface area (Å²) < 4.78 is 1.19. The molecule has 0 heterocycles. The molecule has 0 saturated carbocycles. The summed E-state index contributed by atoms with van der Waals surface area (Å²) in [5, 5.41) is 13.9. The SMILES string of the molecule is OC(CNc1ccc(I)cc1)c1ccc(Cl)cc1. The first kappa shape index (κ1) is 13.6. The molecule has 4 heteroatoms. The average molecular weight is 374 g/mol. The van der Waals surface area contributed by atoms with Crippen molar-refractivity contribution in [2.75, 3.05) is 11.9 Å². The number of anilines is 1. The summed E-state index contributed by atoms with van der Waals surface area (Å²) in [6.07, 6.45) is -0.540. The van der Waals surface area contributed by atoms with Crippen LogP contribution in [0.4, 0.5) is 5.69 Å². The molecule has 2 nitrogen and oxygen atoms in total. The lowest BCUT2D eigenvalue weighted by Crippen LogP contribution is -2.11. The maximum atomic E-state index is 10.0. The summed E-state index contributed by atoms with van der Waals surface area (Å²) in [6, 6.07) is 15.3. The van der Waals surface area contributed by atoms with E-state index in [2.05, 4.69) is 27.9 Å². The van der Waals surface area contributed by atoms with Crippen LogP contribution in [-0.4, -0.2) is 11.7 Å². The van der Waals surface area contributed by atoms with Gasteiger partial charge in [-0.15, -0.1) is 0 Å². The number of halogens is 2. The summed E-state index contributed by atoms with van der Waals surface area (Å²) in [6.45, 7) is 0.474. The van der Waals surface area contributed by atoms with Crippen LogP contribution in [0.1, 0.15) is 11.7 Å². The van der Waals surface area contributed by atoms with E-state index in [4.69, 9.17) is 11.6 Å². The van der Waals surface area contributed by atoms with Crippen molar-refractivity contribution in [1.29, 1.82) is 0 Å². The molecule has 0 fully saturated rings. The zero-order chi connectivity index (χ0) is 13.0. The van der Waals surface area contributed by atoms with Gasteiger partial charge in [-0.3, -0.25) is 0 Å². The Morgan fingerprint density at radius 2 is 1.67 bits per heavy atom. The van der Waals surface area contributed by atoms with E-state index >= 15 is 0 Å². The molecule has 94 valence electrons. The van der Waals surface area contributed by atoms with Crippen molar-refractivity contribution in [2.24, 2.45) is 0 Å². The molecule has 2 aromatic carbocycles. The topological polar surface area (TPSA) is 32.3 Å². The number of nitrogens with one attached hydrogen (secondary N) is 1. The summed E-state index contributed by atoms with van der Waals surface area (Å²) in [5.41, 5.74) is 1.86. The van der Waals surface area contributed by atoms with E-state index in [0.717, 1.165) is 11.3 Å². The quantitative estimate of drug-likeness (QED) is 0.791. The molecular weight excluding hydrogens is 361 g/mol. The minimum atomic E-state index is -0.540. The lowest BCUT2D eigenvalue weighted by molar-refractivity contribution is 0.191. The second-order valence-electron chi connectivity index (χ2n) is 3.96. The lowest BCUT2D eigenvalue weighted by atomic mass is 10.1. The number of aliphatic hydroxyl groups excluding tert-OH is 1. The third-order valence-electron chi connectivity index (χ3n) is 2.60. The third kappa shape index (κ3) is 3.86. The highest BCUT2D eigenvalue weighted by Crippen LogP contribution is 2.18. The van der Waals surface area contributed by atoms with E-state index in [9.17, 15) is 5.11 Å². The van der Waals surface area contributed by atoms with Gasteiger partial charge in [0.05, 0.1) is 6.10 Å². The molecule has 2 N–H and O–H groups in total. The van der Waals surface area contributed by atoms with Crippen LogP contribution in [0.15, 0.2) is 48.5 Å². The number of rotatable bonds is 4. The highest BCUT2D eigenvalue weighted by Gasteiger charge is 2.06. The first-order chi connectivity index (χ1) is 8.65. The minimum Gasteiger partial charge on any atom is -0.387 e. The fraction of sp³-hybridized carbons (Fsp3) is 0.143. The Kier molecular flexibility index (Phi) is 4.86. The Morgan fingerprint density at radius 3 is 2.28 bits per heavy atom. The maximum Gasteiger partial charge on any atom is 0.0962 e. The predicted octanol–water partition coefficient (Wildman–Crippen LogP) is 4.09. The van der Waals surface area contributed by atoms with Gasteiger partial charge in [-0.2, -0.15) is 0 Å². The molecule has 0 aromatic heterocycles. The fourth-order valence-corrected chi connectivity index (χ4v) is 2.07. The highest BCUT2D eigenvalue weighted by atomic mass is 127. The van der Waals surface area contributed by atoms with E-state index in [-0.39, 0.29) is 0 Å². The van der Waals surface area contributed by atoms with Crippen LogP contribution in [-0.2, 0) is 0 Å². The van der Waals surface area contributed by atoms with Crippen molar-refractivity contribution in [3.05, 3.63) is 62.7 Å². The van der Waals surface area contributed by atoms with Crippen LogP contribution in [0.5, 0.6) is 0 Å². The molecule has 1 unspecified atom stereocenters. The molecule has 0 radical (unpaired) electrons. The maximum absolute atomic E-state index is 10.0. The van der Waals surface area contributed by atoms with Crippen molar-refractivity contribution >= 4 is 39.9 Å². The van der Waals surface area contributed by atoms with Crippen molar-refractivity contribution in [3.8, 4) is 0 Å². The van der Waals surface area contributed by atoms with Gasteiger partial charge in [0.1, 0.15) is 0 Å². The standard InChI is InChI=1S/C14H13ClINO/c15-11-3-1-10(2-4-11)14(18)9-17-13-7-5-12(16)6-8-13/h1-8,14,17-18H,9H2. The Hall–Kier alpha value is -0.780. The van der Waals surface area contributed by atoms with Gasteiger partial charge < -0.3 is 10.4 Å². The fourth-order valence-electron chi connectivity index (χ4n) is 1.59. The summed E-state index contributed by atoms with van der Waals surface area (Å²) in [7, 11) is 0. The van der Waals surface area contributed by atoms with Gasteiger partial charge in [0.15, 0.2) is 0 Å². The highest BCUT2D eigenvalue weighted by molar-refractivity contribution is 14.1. The molecular formula is C14H13ClINO. The van der Waals surface area contributed by atoms with E-state index in [0.29, 0.717) is 11.6 Å². The zero-order valence-corrected chi connectivity index (χ0v) is 12.5. The number of aliphatic hydroxyl groups is 1. The molecule has 18 heavy (non-hydrogen) atoms. The predicted molar refractivity (Wildman–Crippen MR) is 84.1 cm³/mol. The Morgan fingerprint density at radius 1 is 1.06 bits per heavy atom. The van der Waals surface area contributed by atoms with Gasteiger partial charge in [-0.05, 0) is 64.6 Å². The first-order valence-corrected chi connectivity index (χ1v) is 7.04. The van der Waals surface area contributed by atoms with E-state index in [1.165, 1.54) is 3.57 Å². The van der Waals surface area contributed by atoms with Crippen LogP contribution in [0.25, 0.3) is 0 Å². The molecule has 0 spiro atoms. The van der Waals surface area contributed by atoms with Gasteiger partial charge >= 0.3 is 0 Å². The Labute approximate surface area is 125 Å². The molecule has 2 aromatic rings. The van der Waals surface area contributed by atoms with Crippen LogP contribution >= 0.6 is 34.2 Å². The van der Waals surface area contributed by atoms with Crippen LogP contribution in [0, 0.1) is 3.57 Å². The van der Waals surface area contributed by atoms with Crippen LogP contribution in [0.2, 0.25) is 5.02 Å². The molecule has 0 saturated heterocycles. The zero-order valence-electron chi connectivity index (χ0n) is 9.61. The summed E-state index contributed by atoms with van der Waals surface area (Å²) >= 11 is 8.07. The summed E-state index contributed by atoms with van der Waals surface area (Å²) in [5.74, 6) is 0. The average Bonchev–Trinajstić information content (AvgIpc) is 2.38. The van der Waals surface area contributed by atoms with Crippen LogP contribution in [0.3, 0.4) is 0 Å². The van der Waals surface area contributed by atoms with Crippen molar-refractivity contribution < 1.29 is 5.11 Å². The van der Waals surface area contributed by atoms with Gasteiger partial charge in [0, 0.05) is 20.8 Å². The van der Waals surface area contributed by atoms with Crippen molar-refractivity contribution in [2.45, 2.75) is 6.10 Å². The molecule has 2 rings (SSSR count). The third-order valence-corrected chi connectivity index (χ3v) is 3.57. The molecule has 0 bridgehead atoms. The van der Waals surface area contributed by atoms with Crippen LogP contribution < -0.4 is 5.32 Å². The van der Waals surface area contributed by atoms with Crippen molar-refractivity contribution in [1.82, 2.24) is 0 Å². The van der Waals surface area contributed by atoms with E-state index in [1.807, 2.05) is 36.4 Å². The van der Waals surface area contributed by atoms with Gasteiger partial charge in [-0.1, -0.05) is 23.7 Å². The van der Waals surface area contributed by atoms with E-state index in [1.54, 1.807) is 12.1 Å². The molecule has 0 aliphatic carbocycles. The van der Waals surface area contributed by atoms with Crippen molar-refractivity contribution in [3.63, 3.8) is 0 Å². The minimum absolute atomic E-state index is 0.474. The normalized spacial score (nSPS) is 12.2. The monoisotopic (exact) mass is 373 g/mol. The molecule has 1 atom stereocenters. The van der Waals surface area contributed by atoms with Gasteiger partial charge in [-0.25, -0.2) is 0 Å². The number of hydrogen-bond donors (Lipinski definition) is 2. The molecule has 0 aliphatic rings. The lowest BCUT2D eigenvalue weighted by Gasteiger charge is -2.13. The van der Waals surface area contributed by atoms with Gasteiger partial charge in [0.2, 0.25) is 0 Å². The Balaban J connectivity index is 1.93. The van der Waals surface area contributed by atoms with E-state index < -0.39 is 6.10 Å². The molecule has 0 amide bonds. The first-order valence-electron chi connectivity index (χ1n) is 5.58. The Bertz CT molecular complexity index is 498. The molecule has 0 aliphatic heterocycles. The second kappa shape index (κ2) is 6.41. The second-order valence-corrected chi connectivity index (χ2v) is 5.64.